The number of nitrogens with zero attached hydrogens (tertiary/aromatic N) is 1. The van der Waals surface area contributed by atoms with Gasteiger partial charge in [0.15, 0.2) is 0 Å². The molecule has 0 fully saturated rings. The quantitative estimate of drug-likeness (QED) is 0.669. The highest BCUT2D eigenvalue weighted by Crippen LogP contribution is 2.33. The van der Waals surface area contributed by atoms with Gasteiger partial charge in [-0.05, 0) is 6.07 Å². The Hall–Kier alpha value is -1.68. The second-order valence-corrected chi connectivity index (χ2v) is 5.02. The molecule has 100 valence electrons. The number of alkyl halides is 3. The molecule has 0 saturated heterocycles. The van der Waals surface area contributed by atoms with Crippen LogP contribution in [0.1, 0.15) is 11.1 Å². The molecule has 10 heteroatoms. The maximum Gasteiger partial charge on any atom is 0.416 e. The molecule has 0 spiro atoms. The number of rotatable bonds is 3. The fourth-order valence-corrected chi connectivity index (χ4v) is 1.93. The number of nitro groups is 1. The Morgan fingerprint density at radius 2 is 1.89 bits per heavy atom. The van der Waals surface area contributed by atoms with Crippen molar-refractivity contribution in [2.45, 2.75) is 11.9 Å². The maximum absolute atomic E-state index is 12.3. The molecule has 0 aliphatic rings. The minimum Gasteiger partial charge on any atom is -0.258 e. The Bertz CT molecular complexity index is 582. The maximum atomic E-state index is 12.3. The van der Waals surface area contributed by atoms with Gasteiger partial charge in [0, 0.05) is 11.6 Å². The van der Waals surface area contributed by atoms with E-state index in [1.165, 1.54) is 0 Å². The van der Waals surface area contributed by atoms with Crippen LogP contribution < -0.4 is 5.14 Å². The normalized spacial score (nSPS) is 12.4. The van der Waals surface area contributed by atoms with Crippen LogP contribution in [0, 0.1) is 10.1 Å². The van der Waals surface area contributed by atoms with E-state index in [4.69, 9.17) is 0 Å². The van der Waals surface area contributed by atoms with Crippen LogP contribution in [0.15, 0.2) is 18.2 Å². The van der Waals surface area contributed by atoms with E-state index in [2.05, 4.69) is 5.14 Å². The molecular weight excluding hydrogens is 277 g/mol. The summed E-state index contributed by atoms with van der Waals surface area (Å²) < 4.78 is 58.6. The third-order valence-corrected chi connectivity index (χ3v) is 2.68. The van der Waals surface area contributed by atoms with Crippen LogP contribution in [0.2, 0.25) is 0 Å². The monoisotopic (exact) mass is 284 g/mol. The van der Waals surface area contributed by atoms with Crippen molar-refractivity contribution in [2.75, 3.05) is 0 Å². The lowest BCUT2D eigenvalue weighted by molar-refractivity contribution is -0.385. The van der Waals surface area contributed by atoms with Crippen molar-refractivity contribution in [3.05, 3.63) is 39.4 Å². The number of primary sulfonamides is 1. The average Bonchev–Trinajstić information content (AvgIpc) is 2.13. The molecule has 0 radical (unpaired) electrons. The first-order valence-electron chi connectivity index (χ1n) is 4.35. The van der Waals surface area contributed by atoms with Crippen LogP contribution in [0.25, 0.3) is 0 Å². The van der Waals surface area contributed by atoms with Crippen LogP contribution in [0.3, 0.4) is 0 Å². The molecule has 1 aromatic carbocycles. The Balaban J connectivity index is 3.34. The topological polar surface area (TPSA) is 103 Å². The summed E-state index contributed by atoms with van der Waals surface area (Å²) in [6.07, 6.45) is -4.75. The first-order valence-corrected chi connectivity index (χ1v) is 6.07. The van der Waals surface area contributed by atoms with E-state index in [1.54, 1.807) is 0 Å². The molecule has 1 rings (SSSR count). The van der Waals surface area contributed by atoms with Gasteiger partial charge in [-0.15, -0.1) is 0 Å². The van der Waals surface area contributed by atoms with Crippen molar-refractivity contribution in [3.8, 4) is 0 Å². The van der Waals surface area contributed by atoms with Crippen LogP contribution >= 0.6 is 0 Å². The highest BCUT2D eigenvalue weighted by Gasteiger charge is 2.33. The summed E-state index contributed by atoms with van der Waals surface area (Å²) in [5.41, 5.74) is -2.55. The van der Waals surface area contributed by atoms with Gasteiger partial charge in [0.25, 0.3) is 5.69 Å². The van der Waals surface area contributed by atoms with Crippen LogP contribution in [-0.4, -0.2) is 13.3 Å². The predicted molar refractivity (Wildman–Crippen MR) is 54.9 cm³/mol. The minimum atomic E-state index is -4.75. The standard InChI is InChI=1S/C8H7F3N2O4S/c9-8(10,11)6-2-1-5(4-18(12,16)17)7(3-6)13(14)15/h1-3H,4H2,(H2,12,16,17). The number of nitro benzene ring substituents is 1. The molecule has 2 N–H and O–H groups in total. The van der Waals surface area contributed by atoms with E-state index in [0.717, 1.165) is 6.07 Å². The number of sulfonamides is 1. The minimum absolute atomic E-state index is 0.278. The van der Waals surface area contributed by atoms with Crippen molar-refractivity contribution in [1.29, 1.82) is 0 Å². The summed E-state index contributed by atoms with van der Waals surface area (Å²) in [7, 11) is -4.07. The molecule has 0 bridgehead atoms. The smallest absolute Gasteiger partial charge is 0.258 e. The molecule has 18 heavy (non-hydrogen) atoms. The molecule has 0 unspecified atom stereocenters. The second kappa shape index (κ2) is 4.53. The molecule has 0 atom stereocenters. The predicted octanol–water partition coefficient (Wildman–Crippen LogP) is 1.40. The lowest BCUT2D eigenvalue weighted by atomic mass is 10.1. The third kappa shape index (κ3) is 3.67. The van der Waals surface area contributed by atoms with Gasteiger partial charge in [0.05, 0.1) is 16.2 Å². The van der Waals surface area contributed by atoms with Gasteiger partial charge in [-0.25, -0.2) is 13.6 Å². The Morgan fingerprint density at radius 1 is 1.33 bits per heavy atom. The summed E-state index contributed by atoms with van der Waals surface area (Å²) >= 11 is 0. The highest BCUT2D eigenvalue weighted by atomic mass is 32.2. The Morgan fingerprint density at radius 3 is 2.28 bits per heavy atom. The van der Waals surface area contributed by atoms with Crippen molar-refractivity contribution in [2.24, 2.45) is 5.14 Å². The fraction of sp³-hybridized carbons (Fsp3) is 0.250. The van der Waals surface area contributed by atoms with Gasteiger partial charge in [0.2, 0.25) is 10.0 Å². The summed E-state index contributed by atoms with van der Waals surface area (Å²) in [6, 6.07) is 1.57. The van der Waals surface area contributed by atoms with Gasteiger partial charge in [-0.1, -0.05) is 6.07 Å². The summed E-state index contributed by atoms with van der Waals surface area (Å²) in [4.78, 5) is 9.50. The van der Waals surface area contributed by atoms with Crippen LogP contribution in [0.4, 0.5) is 18.9 Å². The summed E-state index contributed by atoms with van der Waals surface area (Å²) in [5, 5.41) is 15.3. The summed E-state index contributed by atoms with van der Waals surface area (Å²) in [5.74, 6) is -0.901. The van der Waals surface area contributed by atoms with Crippen molar-refractivity contribution in [3.63, 3.8) is 0 Å². The number of hydrogen-bond acceptors (Lipinski definition) is 4. The molecule has 0 aliphatic carbocycles. The highest BCUT2D eigenvalue weighted by molar-refractivity contribution is 7.88. The van der Waals surface area contributed by atoms with Gasteiger partial charge >= 0.3 is 6.18 Å². The zero-order valence-electron chi connectivity index (χ0n) is 8.64. The fourth-order valence-electron chi connectivity index (χ4n) is 1.25. The SMILES string of the molecule is NS(=O)(=O)Cc1ccc(C(F)(F)F)cc1[N+](=O)[O-]. The molecule has 0 amide bonds. The zero-order chi connectivity index (χ0) is 14.1. The first kappa shape index (κ1) is 14.4. The number of nitrogens with two attached hydrogens (primary N) is 1. The number of benzene rings is 1. The second-order valence-electron chi connectivity index (χ2n) is 3.41. The lowest BCUT2D eigenvalue weighted by Gasteiger charge is -2.08. The average molecular weight is 284 g/mol. The zero-order valence-corrected chi connectivity index (χ0v) is 9.46. The molecule has 6 nitrogen and oxygen atoms in total. The summed E-state index contributed by atoms with van der Waals surface area (Å²) in [6.45, 7) is 0. The van der Waals surface area contributed by atoms with Crippen molar-refractivity contribution in [1.82, 2.24) is 0 Å². The third-order valence-electron chi connectivity index (χ3n) is 1.97. The molecule has 0 aromatic heterocycles. The number of hydrogen-bond donors (Lipinski definition) is 1. The van der Waals surface area contributed by atoms with E-state index in [-0.39, 0.29) is 6.07 Å². The molecule has 0 aliphatic heterocycles. The molecule has 0 saturated carbocycles. The van der Waals surface area contributed by atoms with Crippen LogP contribution in [-0.2, 0) is 22.0 Å². The van der Waals surface area contributed by atoms with Crippen molar-refractivity contribution >= 4 is 15.7 Å². The lowest BCUT2D eigenvalue weighted by Crippen LogP contribution is -2.16. The van der Waals surface area contributed by atoms with Gasteiger partial charge in [0.1, 0.15) is 0 Å². The first-order chi connectivity index (χ1) is 8.00. The van der Waals surface area contributed by atoms with Gasteiger partial charge < -0.3 is 0 Å². The number of halogens is 3. The van der Waals surface area contributed by atoms with E-state index in [0.29, 0.717) is 6.07 Å². The van der Waals surface area contributed by atoms with E-state index >= 15 is 0 Å². The van der Waals surface area contributed by atoms with E-state index < -0.39 is 43.7 Å². The van der Waals surface area contributed by atoms with Gasteiger partial charge in [-0.2, -0.15) is 13.2 Å². The van der Waals surface area contributed by atoms with Crippen molar-refractivity contribution < 1.29 is 26.5 Å². The Kier molecular flexibility index (Phi) is 3.62. The van der Waals surface area contributed by atoms with E-state index in [1.807, 2.05) is 0 Å². The largest absolute Gasteiger partial charge is 0.416 e. The Labute approximate surface area is 99.4 Å². The van der Waals surface area contributed by atoms with E-state index in [9.17, 15) is 31.7 Å². The molecule has 1 aromatic rings. The molecule has 0 heterocycles. The van der Waals surface area contributed by atoms with Crippen LogP contribution in [0.5, 0.6) is 0 Å². The molecular formula is C8H7F3N2O4S. The van der Waals surface area contributed by atoms with Gasteiger partial charge in [-0.3, -0.25) is 10.1 Å².